The molecule has 0 unspecified atom stereocenters. The Kier molecular flexibility index (Phi) is 3.71. The van der Waals surface area contributed by atoms with Crippen molar-refractivity contribution in [2.45, 2.75) is 6.54 Å². The first-order valence-corrected chi connectivity index (χ1v) is 6.73. The van der Waals surface area contributed by atoms with Crippen LogP contribution in [0.25, 0.3) is 10.9 Å². The smallest absolute Gasteiger partial charge is 0.128 e. The molecule has 0 bridgehead atoms. The van der Waals surface area contributed by atoms with Crippen LogP contribution in [0.3, 0.4) is 0 Å². The molecular weight excluding hydrogens is 294 g/mol. The van der Waals surface area contributed by atoms with E-state index >= 15 is 0 Å². The molecule has 5 heteroatoms. The van der Waals surface area contributed by atoms with Gasteiger partial charge in [0.25, 0.3) is 0 Å². The summed E-state index contributed by atoms with van der Waals surface area (Å²) in [7, 11) is 0. The first-order chi connectivity index (χ1) is 10.1. The van der Waals surface area contributed by atoms with Gasteiger partial charge in [-0.2, -0.15) is 0 Å². The number of pyridine rings is 1. The zero-order chi connectivity index (χ0) is 14.8. The Morgan fingerprint density at radius 1 is 1.10 bits per heavy atom. The Hall–Kier alpha value is -2.20. The highest BCUT2D eigenvalue weighted by Crippen LogP contribution is 2.26. The molecular formula is C16H11ClF2N2. The van der Waals surface area contributed by atoms with Crippen LogP contribution < -0.4 is 5.32 Å². The van der Waals surface area contributed by atoms with E-state index in [1.54, 1.807) is 18.3 Å². The van der Waals surface area contributed by atoms with Crippen LogP contribution in [0, 0.1) is 11.6 Å². The fraction of sp³-hybridized carbons (Fsp3) is 0.0625. The van der Waals surface area contributed by atoms with Crippen LogP contribution in [0.2, 0.25) is 5.02 Å². The van der Waals surface area contributed by atoms with Gasteiger partial charge in [0.1, 0.15) is 11.6 Å². The highest BCUT2D eigenvalue weighted by atomic mass is 35.5. The lowest BCUT2D eigenvalue weighted by atomic mass is 10.1. The summed E-state index contributed by atoms with van der Waals surface area (Å²) >= 11 is 6.06. The molecule has 3 rings (SSSR count). The van der Waals surface area contributed by atoms with Gasteiger partial charge in [-0.15, -0.1) is 0 Å². The summed E-state index contributed by atoms with van der Waals surface area (Å²) in [5, 5.41) is 4.49. The molecule has 1 aromatic heterocycles. The van der Waals surface area contributed by atoms with E-state index in [0.29, 0.717) is 10.7 Å². The van der Waals surface area contributed by atoms with Gasteiger partial charge in [0.05, 0.1) is 11.2 Å². The minimum Gasteiger partial charge on any atom is -0.379 e. The predicted molar refractivity (Wildman–Crippen MR) is 80.4 cm³/mol. The molecule has 0 saturated carbocycles. The zero-order valence-corrected chi connectivity index (χ0v) is 11.7. The number of aromatic nitrogens is 1. The molecule has 3 aromatic rings. The van der Waals surface area contributed by atoms with Crippen LogP contribution in [0.5, 0.6) is 0 Å². The van der Waals surface area contributed by atoms with Gasteiger partial charge in [0, 0.05) is 28.7 Å². The molecule has 0 atom stereocenters. The Morgan fingerprint density at radius 2 is 1.95 bits per heavy atom. The highest BCUT2D eigenvalue weighted by molar-refractivity contribution is 6.31. The van der Waals surface area contributed by atoms with Crippen molar-refractivity contribution < 1.29 is 8.78 Å². The molecule has 21 heavy (non-hydrogen) atoms. The lowest BCUT2D eigenvalue weighted by Gasteiger charge is -2.10. The molecule has 2 aromatic carbocycles. The third-order valence-electron chi connectivity index (χ3n) is 3.15. The van der Waals surface area contributed by atoms with Crippen molar-refractivity contribution in [2.75, 3.05) is 5.32 Å². The quantitative estimate of drug-likeness (QED) is 0.753. The van der Waals surface area contributed by atoms with Gasteiger partial charge in [-0.05, 0) is 36.4 Å². The Balaban J connectivity index is 1.93. The van der Waals surface area contributed by atoms with E-state index in [9.17, 15) is 8.78 Å². The van der Waals surface area contributed by atoms with Crippen molar-refractivity contribution >= 4 is 28.2 Å². The third kappa shape index (κ3) is 2.95. The number of rotatable bonds is 3. The summed E-state index contributed by atoms with van der Waals surface area (Å²) in [6, 6.07) is 10.6. The molecule has 0 aliphatic carbocycles. The van der Waals surface area contributed by atoms with Crippen molar-refractivity contribution in [3.63, 3.8) is 0 Å². The van der Waals surface area contributed by atoms with Crippen molar-refractivity contribution in [2.24, 2.45) is 0 Å². The van der Waals surface area contributed by atoms with E-state index in [0.717, 1.165) is 23.0 Å². The number of hydrogen-bond acceptors (Lipinski definition) is 2. The van der Waals surface area contributed by atoms with Gasteiger partial charge in [0.2, 0.25) is 0 Å². The van der Waals surface area contributed by atoms with Crippen LogP contribution in [0.15, 0.2) is 48.7 Å². The zero-order valence-electron chi connectivity index (χ0n) is 10.9. The summed E-state index contributed by atoms with van der Waals surface area (Å²) in [5.74, 6) is -0.925. The molecule has 0 saturated heterocycles. The molecule has 0 radical (unpaired) electrons. The van der Waals surface area contributed by atoms with Gasteiger partial charge < -0.3 is 5.32 Å². The number of nitrogens with zero attached hydrogens (tertiary/aromatic N) is 1. The molecule has 0 fully saturated rings. The van der Waals surface area contributed by atoms with Crippen molar-refractivity contribution in [1.82, 2.24) is 4.98 Å². The molecule has 1 heterocycles. The maximum absolute atomic E-state index is 13.6. The van der Waals surface area contributed by atoms with E-state index in [1.807, 2.05) is 12.1 Å². The normalized spacial score (nSPS) is 10.8. The third-order valence-corrected chi connectivity index (χ3v) is 3.36. The second kappa shape index (κ2) is 5.66. The van der Waals surface area contributed by atoms with E-state index in [-0.39, 0.29) is 12.1 Å². The van der Waals surface area contributed by atoms with Gasteiger partial charge in [-0.25, -0.2) is 8.78 Å². The van der Waals surface area contributed by atoms with Gasteiger partial charge in [-0.3, -0.25) is 4.98 Å². The maximum atomic E-state index is 13.6. The lowest BCUT2D eigenvalue weighted by molar-refractivity contribution is 0.587. The number of benzene rings is 2. The predicted octanol–water partition coefficient (Wildman–Crippen LogP) is 4.78. The lowest BCUT2D eigenvalue weighted by Crippen LogP contribution is -2.03. The molecule has 0 amide bonds. The molecule has 106 valence electrons. The number of halogens is 3. The summed E-state index contributed by atoms with van der Waals surface area (Å²) in [4.78, 5) is 4.29. The molecule has 1 N–H and O–H groups in total. The second-order valence-electron chi connectivity index (χ2n) is 4.62. The van der Waals surface area contributed by atoms with Crippen LogP contribution in [0.1, 0.15) is 5.56 Å². The van der Waals surface area contributed by atoms with E-state index in [1.165, 1.54) is 6.07 Å². The average Bonchev–Trinajstić information content (AvgIpc) is 2.47. The fourth-order valence-corrected chi connectivity index (χ4v) is 2.39. The van der Waals surface area contributed by atoms with Crippen LogP contribution in [-0.4, -0.2) is 4.98 Å². The number of anilines is 1. The Bertz CT molecular complexity index is 805. The number of hydrogen-bond donors (Lipinski definition) is 1. The minimum atomic E-state index is -0.470. The van der Waals surface area contributed by atoms with Gasteiger partial charge >= 0.3 is 0 Å². The van der Waals surface area contributed by atoms with E-state index in [2.05, 4.69) is 10.3 Å². The Labute approximate surface area is 125 Å². The SMILES string of the molecule is Fc1ccc(F)c(CNc2cc(Cl)cc3cccnc23)c1. The number of fused-ring (bicyclic) bond motifs is 1. The first-order valence-electron chi connectivity index (χ1n) is 6.35. The molecule has 0 spiro atoms. The maximum Gasteiger partial charge on any atom is 0.128 e. The van der Waals surface area contributed by atoms with Crippen LogP contribution in [-0.2, 0) is 6.54 Å². The standard InChI is InChI=1S/C16H11ClF2N2/c17-12-6-10-2-1-5-20-16(10)15(8-12)21-9-11-7-13(18)3-4-14(11)19/h1-8,21H,9H2. The second-order valence-corrected chi connectivity index (χ2v) is 5.05. The van der Waals surface area contributed by atoms with Crippen LogP contribution in [0.4, 0.5) is 14.5 Å². The van der Waals surface area contributed by atoms with E-state index in [4.69, 9.17) is 11.6 Å². The monoisotopic (exact) mass is 304 g/mol. The summed E-state index contributed by atoms with van der Waals surface area (Å²) in [6.07, 6.45) is 1.67. The van der Waals surface area contributed by atoms with Crippen molar-refractivity contribution in [3.8, 4) is 0 Å². The highest BCUT2D eigenvalue weighted by Gasteiger charge is 2.07. The number of nitrogens with one attached hydrogen (secondary N) is 1. The summed E-state index contributed by atoms with van der Waals surface area (Å²) in [5.41, 5.74) is 1.67. The fourth-order valence-electron chi connectivity index (χ4n) is 2.16. The van der Waals surface area contributed by atoms with Crippen molar-refractivity contribution in [1.29, 1.82) is 0 Å². The van der Waals surface area contributed by atoms with Crippen molar-refractivity contribution in [3.05, 3.63) is 70.9 Å². The molecule has 0 aliphatic heterocycles. The van der Waals surface area contributed by atoms with Gasteiger partial charge in [-0.1, -0.05) is 17.7 Å². The Morgan fingerprint density at radius 3 is 2.81 bits per heavy atom. The average molecular weight is 305 g/mol. The largest absolute Gasteiger partial charge is 0.379 e. The molecule has 2 nitrogen and oxygen atoms in total. The van der Waals surface area contributed by atoms with E-state index < -0.39 is 11.6 Å². The first kappa shape index (κ1) is 13.8. The molecule has 0 aliphatic rings. The van der Waals surface area contributed by atoms with Gasteiger partial charge in [0.15, 0.2) is 0 Å². The van der Waals surface area contributed by atoms with Crippen LogP contribution >= 0.6 is 11.6 Å². The summed E-state index contributed by atoms with van der Waals surface area (Å²) in [6.45, 7) is 0.148. The summed E-state index contributed by atoms with van der Waals surface area (Å²) < 4.78 is 26.8. The minimum absolute atomic E-state index is 0.148. The topological polar surface area (TPSA) is 24.9 Å².